The third-order valence-corrected chi connectivity index (χ3v) is 5.90. The molecule has 1 fully saturated rings. The smallest absolute Gasteiger partial charge is 0.407 e. The number of carbonyl (C=O) groups is 2. The lowest BCUT2D eigenvalue weighted by atomic mass is 9.89. The second kappa shape index (κ2) is 7.50. The molecule has 0 radical (unpaired) electrons. The standard InChI is InChI=1S/C22H19FN4O4/c23-16-4-3-14-19(28)18(11-17-13-2-1-7-24-21(13)26-25-17)31-20(14)15(16)10-12-5-8-27(9-6-12)22(29)30/h1-4,7,11-12H,5-6,8-10H2,(H,29,30)(H,24,25,26)/b18-11-. The first-order valence-corrected chi connectivity index (χ1v) is 10.0. The number of hydrogen-bond acceptors (Lipinski definition) is 5. The van der Waals surface area contributed by atoms with Crippen LogP contribution >= 0.6 is 0 Å². The van der Waals surface area contributed by atoms with Gasteiger partial charge >= 0.3 is 6.09 Å². The summed E-state index contributed by atoms with van der Waals surface area (Å²) in [7, 11) is 0. The number of nitrogens with zero attached hydrogens (tertiary/aromatic N) is 3. The number of H-pyrrole nitrogens is 1. The van der Waals surface area contributed by atoms with E-state index in [0.717, 1.165) is 5.39 Å². The Morgan fingerprint density at radius 3 is 2.90 bits per heavy atom. The average Bonchev–Trinajstić information content (AvgIpc) is 3.32. The largest absolute Gasteiger partial charge is 0.465 e. The van der Waals surface area contributed by atoms with E-state index in [-0.39, 0.29) is 23.2 Å². The van der Waals surface area contributed by atoms with Gasteiger partial charge in [-0.1, -0.05) is 0 Å². The maximum atomic E-state index is 14.7. The van der Waals surface area contributed by atoms with E-state index in [9.17, 15) is 14.0 Å². The number of aromatic amines is 1. The van der Waals surface area contributed by atoms with E-state index < -0.39 is 11.9 Å². The van der Waals surface area contributed by atoms with Gasteiger partial charge in [-0.25, -0.2) is 14.2 Å². The number of rotatable bonds is 3. The average molecular weight is 422 g/mol. The van der Waals surface area contributed by atoms with Crippen LogP contribution in [0.25, 0.3) is 17.1 Å². The number of benzene rings is 1. The van der Waals surface area contributed by atoms with Crippen molar-refractivity contribution in [3.63, 3.8) is 0 Å². The minimum Gasteiger partial charge on any atom is -0.465 e. The first-order valence-electron chi connectivity index (χ1n) is 10.0. The quantitative estimate of drug-likeness (QED) is 0.624. The molecule has 31 heavy (non-hydrogen) atoms. The molecular formula is C22H19FN4O4. The molecule has 5 rings (SSSR count). The monoisotopic (exact) mass is 422 g/mol. The zero-order valence-corrected chi connectivity index (χ0v) is 16.5. The molecular weight excluding hydrogens is 403 g/mol. The topological polar surface area (TPSA) is 108 Å². The molecule has 1 amide bonds. The van der Waals surface area contributed by atoms with Crippen molar-refractivity contribution >= 4 is 29.0 Å². The number of halogens is 1. The molecule has 0 aliphatic carbocycles. The van der Waals surface area contributed by atoms with Gasteiger partial charge in [0.2, 0.25) is 5.78 Å². The molecule has 2 aliphatic heterocycles. The van der Waals surface area contributed by atoms with Crippen LogP contribution in [0.2, 0.25) is 0 Å². The van der Waals surface area contributed by atoms with Gasteiger partial charge in [-0.2, -0.15) is 5.10 Å². The van der Waals surface area contributed by atoms with Crippen molar-refractivity contribution in [2.45, 2.75) is 19.3 Å². The van der Waals surface area contributed by atoms with Gasteiger partial charge in [-0.05, 0) is 49.4 Å². The van der Waals surface area contributed by atoms with E-state index in [2.05, 4.69) is 15.2 Å². The third kappa shape index (κ3) is 3.41. The number of fused-ring (bicyclic) bond motifs is 2. The van der Waals surface area contributed by atoms with Crippen LogP contribution in [0.4, 0.5) is 9.18 Å². The zero-order valence-electron chi connectivity index (χ0n) is 16.5. The minimum atomic E-state index is -0.935. The van der Waals surface area contributed by atoms with Crippen molar-refractivity contribution in [2.24, 2.45) is 5.92 Å². The summed E-state index contributed by atoms with van der Waals surface area (Å²) >= 11 is 0. The number of nitrogens with one attached hydrogen (secondary N) is 1. The second-order valence-corrected chi connectivity index (χ2v) is 7.77. The van der Waals surface area contributed by atoms with E-state index in [1.807, 2.05) is 6.07 Å². The first-order chi connectivity index (χ1) is 15.0. The number of amides is 1. The number of hydrogen-bond donors (Lipinski definition) is 2. The number of ketones is 1. The fourth-order valence-corrected chi connectivity index (χ4v) is 4.20. The molecule has 1 saturated heterocycles. The summed E-state index contributed by atoms with van der Waals surface area (Å²) in [4.78, 5) is 29.5. The normalized spacial score (nSPS) is 17.9. The van der Waals surface area contributed by atoms with Gasteiger partial charge < -0.3 is 14.7 Å². The van der Waals surface area contributed by atoms with Crippen LogP contribution in [0.1, 0.15) is 34.5 Å². The second-order valence-electron chi connectivity index (χ2n) is 7.77. The van der Waals surface area contributed by atoms with E-state index >= 15 is 0 Å². The molecule has 8 nitrogen and oxygen atoms in total. The highest BCUT2D eigenvalue weighted by Gasteiger charge is 2.33. The Bertz CT molecular complexity index is 1230. The van der Waals surface area contributed by atoms with Crippen molar-refractivity contribution in [3.8, 4) is 5.75 Å². The molecule has 0 atom stereocenters. The maximum absolute atomic E-state index is 14.7. The Labute approximate surface area is 176 Å². The van der Waals surface area contributed by atoms with Crippen LogP contribution in [-0.2, 0) is 6.42 Å². The van der Waals surface area contributed by atoms with E-state index in [1.54, 1.807) is 12.3 Å². The fraction of sp³-hybridized carbons (Fsp3) is 0.273. The lowest BCUT2D eigenvalue weighted by Gasteiger charge is -2.30. The highest BCUT2D eigenvalue weighted by Crippen LogP contribution is 2.39. The molecule has 0 spiro atoms. The Kier molecular flexibility index (Phi) is 4.65. The molecule has 1 aromatic carbocycles. The van der Waals surface area contributed by atoms with Crippen molar-refractivity contribution in [3.05, 3.63) is 58.9 Å². The lowest BCUT2D eigenvalue weighted by molar-refractivity contribution is 0.101. The molecule has 9 heteroatoms. The molecule has 0 bridgehead atoms. The molecule has 2 aromatic heterocycles. The Morgan fingerprint density at radius 2 is 2.13 bits per heavy atom. The lowest BCUT2D eigenvalue weighted by Crippen LogP contribution is -2.37. The summed E-state index contributed by atoms with van der Waals surface area (Å²) in [5.41, 5.74) is 1.79. The first kappa shape index (κ1) is 19.2. The number of carbonyl (C=O) groups excluding carboxylic acids is 1. The van der Waals surface area contributed by atoms with Crippen molar-refractivity contribution in [1.29, 1.82) is 0 Å². The zero-order chi connectivity index (χ0) is 21.5. The number of aromatic nitrogens is 3. The minimum absolute atomic E-state index is 0.0831. The van der Waals surface area contributed by atoms with Crippen LogP contribution in [0.15, 0.2) is 36.2 Å². The molecule has 4 heterocycles. The van der Waals surface area contributed by atoms with E-state index in [4.69, 9.17) is 9.84 Å². The van der Waals surface area contributed by atoms with Crippen molar-refractivity contribution in [2.75, 3.05) is 13.1 Å². The summed E-state index contributed by atoms with van der Waals surface area (Å²) in [5.74, 6) is -0.306. The summed E-state index contributed by atoms with van der Waals surface area (Å²) in [5, 5.41) is 16.8. The van der Waals surface area contributed by atoms with Crippen molar-refractivity contribution in [1.82, 2.24) is 20.1 Å². The third-order valence-electron chi connectivity index (χ3n) is 5.90. The molecule has 0 saturated carbocycles. The van der Waals surface area contributed by atoms with Crippen LogP contribution in [0.3, 0.4) is 0 Å². The number of piperidine rings is 1. The van der Waals surface area contributed by atoms with Gasteiger partial charge in [-0.15, -0.1) is 0 Å². The summed E-state index contributed by atoms with van der Waals surface area (Å²) in [6, 6.07) is 6.33. The predicted molar refractivity (Wildman–Crippen MR) is 109 cm³/mol. The van der Waals surface area contributed by atoms with Crippen molar-refractivity contribution < 1.29 is 23.8 Å². The predicted octanol–water partition coefficient (Wildman–Crippen LogP) is 3.65. The van der Waals surface area contributed by atoms with E-state index in [1.165, 1.54) is 23.1 Å². The number of pyridine rings is 1. The summed E-state index contributed by atoms with van der Waals surface area (Å²) in [6.45, 7) is 0.837. The molecule has 3 aromatic rings. The number of ether oxygens (including phenoxy) is 1. The van der Waals surface area contributed by atoms with Crippen LogP contribution in [-0.4, -0.2) is 50.2 Å². The van der Waals surface area contributed by atoms with Crippen LogP contribution in [0, 0.1) is 11.7 Å². The molecule has 2 aliphatic rings. The summed E-state index contributed by atoms with van der Waals surface area (Å²) in [6.07, 6.45) is 3.90. The maximum Gasteiger partial charge on any atom is 0.407 e. The molecule has 0 unspecified atom stereocenters. The van der Waals surface area contributed by atoms with E-state index in [0.29, 0.717) is 54.8 Å². The molecule has 2 N–H and O–H groups in total. The Hall–Kier alpha value is -3.75. The number of carboxylic acid groups (broad SMARTS) is 1. The van der Waals surface area contributed by atoms with Gasteiger partial charge in [0.1, 0.15) is 11.6 Å². The number of allylic oxidation sites excluding steroid dienone is 1. The van der Waals surface area contributed by atoms with Gasteiger partial charge in [0.25, 0.3) is 0 Å². The SMILES string of the molecule is O=C1/C(=C/c2n[nH]c3ncccc23)Oc2c1ccc(F)c2CC1CCN(C(=O)O)CC1. The van der Waals surface area contributed by atoms with Gasteiger partial charge in [-0.3, -0.25) is 9.89 Å². The number of likely N-dealkylation sites (tertiary alicyclic amines) is 1. The number of Topliss-reactive ketones (excluding diaryl/α,β-unsaturated/α-hetero) is 1. The highest BCUT2D eigenvalue weighted by molar-refractivity contribution is 6.15. The van der Waals surface area contributed by atoms with Gasteiger partial charge in [0, 0.05) is 36.3 Å². The molecule has 158 valence electrons. The fourth-order valence-electron chi connectivity index (χ4n) is 4.20. The highest BCUT2D eigenvalue weighted by atomic mass is 19.1. The summed E-state index contributed by atoms with van der Waals surface area (Å²) < 4.78 is 20.6. The van der Waals surface area contributed by atoms with Gasteiger partial charge in [0.15, 0.2) is 11.4 Å². The Morgan fingerprint density at radius 1 is 1.32 bits per heavy atom. The Balaban J connectivity index is 1.42. The van der Waals surface area contributed by atoms with Crippen LogP contribution in [0.5, 0.6) is 5.75 Å². The van der Waals surface area contributed by atoms with Crippen LogP contribution < -0.4 is 4.74 Å². The van der Waals surface area contributed by atoms with Gasteiger partial charge in [0.05, 0.1) is 11.3 Å².